The number of hydrogen-bond donors (Lipinski definition) is 2. The molecule has 1 fully saturated rings. The Kier molecular flexibility index (Phi) is 19.9. The molecule has 0 saturated carbocycles. The van der Waals surface area contributed by atoms with Gasteiger partial charge >= 0.3 is 124 Å². The van der Waals surface area contributed by atoms with E-state index >= 15 is 0 Å². The number of aromatic nitrogens is 2. The van der Waals surface area contributed by atoms with Gasteiger partial charge in [-0.05, 0) is 6.92 Å². The van der Waals surface area contributed by atoms with Crippen LogP contribution >= 0.6 is 23.5 Å². The van der Waals surface area contributed by atoms with E-state index in [1.165, 1.54) is 6.92 Å². The topological polar surface area (TPSA) is 255 Å². The maximum atomic E-state index is 11.8. The molecule has 166 valence electrons. The van der Waals surface area contributed by atoms with Crippen molar-refractivity contribution in [2.45, 2.75) is 31.8 Å². The van der Waals surface area contributed by atoms with Crippen molar-refractivity contribution in [1.29, 1.82) is 0 Å². The normalized spacial score (nSPS) is 23.5. The second kappa shape index (κ2) is 16.2. The Balaban J connectivity index is -0.00000225. The molecule has 5 atom stereocenters. The third kappa shape index (κ3) is 13.6. The maximum absolute atomic E-state index is 11.8. The predicted molar refractivity (Wildman–Crippen MR) is 81.5 cm³/mol. The predicted octanol–water partition coefficient (Wildman–Crippen LogP) is -15.7. The molecule has 33 heavy (non-hydrogen) atoms. The van der Waals surface area contributed by atoms with Gasteiger partial charge in [0.05, 0.1) is 20.5 Å². The average Bonchev–Trinajstić information content (AvgIpc) is 2.86. The number of hydrogen-bond acceptors (Lipinski definition) is 14. The molecule has 1 aliphatic rings. The van der Waals surface area contributed by atoms with Gasteiger partial charge in [-0.1, -0.05) is 0 Å². The van der Waals surface area contributed by atoms with Crippen molar-refractivity contribution in [2.75, 3.05) is 6.61 Å². The summed E-state index contributed by atoms with van der Waals surface area (Å²) in [4.78, 5) is 68.3. The van der Waals surface area contributed by atoms with E-state index in [0.29, 0.717) is 0 Å². The van der Waals surface area contributed by atoms with Crippen LogP contribution in [0.15, 0.2) is 15.8 Å². The second-order valence-corrected chi connectivity index (χ2v) is 9.96. The standard InChI is InChI=1S/C10H17N2O14P3.4Na/c1-5-3-12(10(15)11-9(5)14)8-2-6(13)7(24-8)4-23-28(19,20)26-29(21,22)25-27(16,17)18;;;;/h3,6-8,13H,2,4H2,1H3,(H,19,20)(H,21,22)(H,11,14,15)(H2,16,17,18);;;;/q;4*+1/p-4/t6-,7+,8+;;;;/m0..../s1/i1+1,2+1,3+1,4+1,5+1,6+1,7+1,8+1,9+1,10+1,11+1,12+1;;;;. The smallest absolute Gasteiger partial charge is 0.790 e. The van der Waals surface area contributed by atoms with E-state index in [1.807, 2.05) is 4.98 Å². The summed E-state index contributed by atoms with van der Waals surface area (Å²) in [7, 11) is -18.0. The first-order chi connectivity index (χ1) is 13.1. The quantitative estimate of drug-likeness (QED) is 0.164. The number of phosphoric acid groups is 3. The summed E-state index contributed by atoms with van der Waals surface area (Å²) in [5, 5.41) is 9.93. The zero-order valence-corrected chi connectivity index (χ0v) is 29.0. The van der Waals surface area contributed by atoms with Gasteiger partial charge in [-0.25, -0.2) is 9.11 Å². The third-order valence-electron chi connectivity index (χ3n) is 3.46. The van der Waals surface area contributed by atoms with E-state index in [2.05, 4.69) is 13.1 Å². The SMILES string of the molecule is [13CH3][13c]1[13cH][15n]([13C@H]2[13CH2][13C@H](O)[13C@@H]([13CH2]OP(=O)([O-])OP(=O)([O-])OP(=O)([O-])[O-])O2)[13c](=O)[15nH][13c]1=O.[Na+].[Na+].[Na+].[Na+]. The monoisotopic (exact) mass is 582 g/mol. The fourth-order valence-electron chi connectivity index (χ4n) is 2.28. The van der Waals surface area contributed by atoms with E-state index in [9.17, 15) is 48.0 Å². The van der Waals surface area contributed by atoms with Gasteiger partial charge in [0, 0.05) is 18.2 Å². The molecule has 2 heterocycles. The number of aromatic amines is 1. The van der Waals surface area contributed by atoms with Crippen molar-refractivity contribution in [3.05, 3.63) is 32.6 Å². The number of aryl methyl sites for hydroxylation is 1. The summed E-state index contributed by atoms with van der Waals surface area (Å²) in [6, 6.07) is 0. The van der Waals surface area contributed by atoms with Gasteiger partial charge in [-0.2, -0.15) is 0 Å². The number of ether oxygens (including phenoxy) is 1. The first kappa shape index (κ1) is 40.5. The molecule has 0 radical (unpaired) electrons. The number of aliphatic hydroxyl groups is 1. The number of rotatable bonds is 8. The van der Waals surface area contributed by atoms with E-state index in [4.69, 9.17) is 4.74 Å². The minimum absolute atomic E-state index is 0. The minimum atomic E-state index is -6.12. The van der Waals surface area contributed by atoms with Gasteiger partial charge in [0.15, 0.2) is 0 Å². The maximum Gasteiger partial charge on any atom is 1.00 e. The summed E-state index contributed by atoms with van der Waals surface area (Å²) < 4.78 is 49.6. The molecule has 1 aromatic rings. The molecular formula is C10H13N2Na4O14P3. The van der Waals surface area contributed by atoms with Crippen LogP contribution in [-0.2, 0) is 31.6 Å². The molecule has 0 aromatic carbocycles. The molecule has 1 aliphatic heterocycles. The van der Waals surface area contributed by atoms with Crippen molar-refractivity contribution < 1.29 is 174 Å². The van der Waals surface area contributed by atoms with Gasteiger partial charge in [0.25, 0.3) is 21.2 Å². The fraction of sp³-hybridized carbons (Fsp3) is 0.600. The Morgan fingerprint density at radius 2 is 1.64 bits per heavy atom. The van der Waals surface area contributed by atoms with E-state index in [-0.39, 0.29) is 130 Å². The summed E-state index contributed by atoms with van der Waals surface area (Å²) >= 11 is 0. The van der Waals surface area contributed by atoms with Crippen LogP contribution in [0.4, 0.5) is 0 Å². The van der Waals surface area contributed by atoms with Crippen LogP contribution in [0.25, 0.3) is 0 Å². The first-order valence-electron chi connectivity index (χ1n) is 7.45. The van der Waals surface area contributed by atoms with Crippen molar-refractivity contribution in [2.24, 2.45) is 0 Å². The summed E-state index contributed by atoms with van der Waals surface area (Å²) in [6.45, 7) is 0.402. The Bertz CT molecular complexity index is 1030. The zero-order valence-electron chi connectivity index (χ0n) is 18.3. The van der Waals surface area contributed by atoms with Crippen LogP contribution in [-0.4, -0.2) is 33.5 Å². The van der Waals surface area contributed by atoms with Gasteiger partial charge in [0.2, 0.25) is 0 Å². The van der Waals surface area contributed by atoms with Crippen molar-refractivity contribution >= 4 is 23.5 Å². The molecule has 2 rings (SSSR count). The molecule has 0 bridgehead atoms. The molecule has 2 unspecified atom stereocenters. The summed E-state index contributed by atoms with van der Waals surface area (Å²) in [5.41, 5.74) is -1.35. The average molecular weight is 582 g/mol. The number of nitrogens with one attached hydrogen (secondary N) is 1. The van der Waals surface area contributed by atoms with Crippen LogP contribution in [0.5, 0.6) is 0 Å². The molecule has 1 saturated heterocycles. The Hall–Kier alpha value is 3.01. The van der Waals surface area contributed by atoms with E-state index < -0.39 is 59.8 Å². The molecule has 0 spiro atoms. The fourth-order valence-corrected chi connectivity index (χ4v) is 5.15. The van der Waals surface area contributed by atoms with Gasteiger partial charge in [0.1, 0.15) is 12.3 Å². The van der Waals surface area contributed by atoms with Crippen molar-refractivity contribution in [3.63, 3.8) is 0 Å². The van der Waals surface area contributed by atoms with Crippen LogP contribution in [0.3, 0.4) is 0 Å². The zero-order chi connectivity index (χ0) is 22.2. The molecule has 1 aromatic heterocycles. The Labute approximate surface area is 274 Å². The largest absolute Gasteiger partial charge is 1.00 e. The van der Waals surface area contributed by atoms with Crippen molar-refractivity contribution in [3.8, 4) is 0 Å². The number of nitrogens with zero attached hydrogens (tertiary/aromatic N) is 1. The number of phosphoric ester groups is 1. The molecular weight excluding hydrogens is 569 g/mol. The van der Waals surface area contributed by atoms with Crippen LogP contribution < -0.4 is 149 Å². The van der Waals surface area contributed by atoms with Gasteiger partial charge in [-0.15, -0.1) is 0 Å². The summed E-state index contributed by atoms with van der Waals surface area (Å²) in [5.74, 6) is 0. The van der Waals surface area contributed by atoms with Crippen LogP contribution in [0.2, 0.25) is 0 Å². The minimum Gasteiger partial charge on any atom is -0.790 e. The number of aliphatic hydroxyl groups excluding tert-OH is 1. The third-order valence-corrected chi connectivity index (χ3v) is 7.12. The Morgan fingerprint density at radius 1 is 1.09 bits per heavy atom. The Morgan fingerprint density at radius 3 is 2.15 bits per heavy atom. The van der Waals surface area contributed by atoms with E-state index in [1.54, 1.807) is 0 Å². The number of H-pyrrole nitrogens is 1. The molecule has 0 aliphatic carbocycles. The van der Waals surface area contributed by atoms with E-state index in [0.717, 1.165) is 10.8 Å². The summed E-state index contributed by atoms with van der Waals surface area (Å²) in [6.07, 6.45) is -2.95. The molecule has 16 nitrogen and oxygen atoms in total. The molecule has 0 amide bonds. The molecule has 23 heteroatoms. The van der Waals surface area contributed by atoms with Crippen LogP contribution in [0, 0.1) is 6.92 Å². The van der Waals surface area contributed by atoms with Gasteiger partial charge in [-0.3, -0.25) is 27.8 Å². The molecule has 2 N–H and O–H groups in total. The first-order valence-corrected chi connectivity index (χ1v) is 11.8. The van der Waals surface area contributed by atoms with Gasteiger partial charge < -0.3 is 38.5 Å². The second-order valence-electron chi connectivity index (χ2n) is 5.71. The van der Waals surface area contributed by atoms with Crippen molar-refractivity contribution in [1.82, 2.24) is 9.55 Å². The van der Waals surface area contributed by atoms with Crippen LogP contribution in [0.1, 0.15) is 18.2 Å².